The summed E-state index contributed by atoms with van der Waals surface area (Å²) in [5, 5.41) is 0. The number of rotatable bonds is 1. The zero-order valence-corrected chi connectivity index (χ0v) is 5.72. The summed E-state index contributed by atoms with van der Waals surface area (Å²) in [6.07, 6.45) is 0. The lowest BCUT2D eigenvalue weighted by Gasteiger charge is -1.93. The van der Waals surface area contributed by atoms with Gasteiger partial charge in [0.1, 0.15) is 0 Å². The minimum Gasteiger partial charge on any atom is -0.354 e. The van der Waals surface area contributed by atoms with E-state index in [1.165, 1.54) is 11.1 Å². The molecule has 0 heterocycles. The molecule has 1 aromatic rings. The topological polar surface area (TPSA) is 27.6 Å². The summed E-state index contributed by atoms with van der Waals surface area (Å²) in [6, 6.07) is 8.42. The third-order valence-corrected chi connectivity index (χ3v) is 1.37. The molecule has 2 heteroatoms. The number of hydrogen-bond acceptors (Lipinski definition) is 0. The summed E-state index contributed by atoms with van der Waals surface area (Å²) < 4.78 is 0. The summed E-state index contributed by atoms with van der Waals surface area (Å²) >= 11 is 0. The van der Waals surface area contributed by atoms with E-state index in [1.54, 1.807) is 0 Å². The van der Waals surface area contributed by atoms with Crippen LogP contribution >= 0.6 is 0 Å². The Morgan fingerprint density at radius 1 is 1.40 bits per heavy atom. The summed E-state index contributed by atoms with van der Waals surface area (Å²) in [5.74, 6) is 0. The first kappa shape index (κ1) is 9.24. The smallest absolute Gasteiger partial charge is 0.0997 e. The third-order valence-electron chi connectivity index (χ3n) is 1.37. The van der Waals surface area contributed by atoms with Crippen LogP contribution in [0.1, 0.15) is 11.1 Å². The van der Waals surface area contributed by atoms with Crippen molar-refractivity contribution in [1.82, 2.24) is 0 Å². The largest absolute Gasteiger partial charge is 0.354 e. The first-order valence-corrected chi connectivity index (χ1v) is 3.17. The molecule has 0 radical (unpaired) electrons. The van der Waals surface area contributed by atoms with Crippen molar-refractivity contribution in [3.05, 3.63) is 35.4 Å². The number of quaternary nitrogens is 1. The van der Waals surface area contributed by atoms with E-state index < -0.39 is 0 Å². The van der Waals surface area contributed by atoms with Crippen LogP contribution in [-0.4, -0.2) is 8.41 Å². The van der Waals surface area contributed by atoms with Crippen molar-refractivity contribution in [3.8, 4) is 0 Å². The second-order valence-electron chi connectivity index (χ2n) is 2.24. The van der Waals surface area contributed by atoms with Gasteiger partial charge in [-0.2, -0.15) is 0 Å². The fourth-order valence-corrected chi connectivity index (χ4v) is 0.868. The minimum atomic E-state index is 0. The molecule has 0 aliphatic carbocycles. The zero-order valence-electron chi connectivity index (χ0n) is 5.72. The van der Waals surface area contributed by atoms with Gasteiger partial charge in [-0.25, -0.2) is 0 Å². The Hall–Kier alpha value is -0.755. The van der Waals surface area contributed by atoms with Gasteiger partial charge in [-0.05, 0) is 6.92 Å². The van der Waals surface area contributed by atoms with Gasteiger partial charge in [-0.3, -0.25) is 0 Å². The van der Waals surface area contributed by atoms with Crippen LogP contribution in [0.15, 0.2) is 24.3 Å². The lowest BCUT2D eigenvalue weighted by molar-refractivity contribution is -0.386. The highest BCUT2D eigenvalue weighted by Gasteiger charge is 1.88. The summed E-state index contributed by atoms with van der Waals surface area (Å²) in [4.78, 5) is 0. The van der Waals surface area contributed by atoms with Gasteiger partial charge in [-0.1, -0.05) is 38.2 Å². The lowest BCUT2D eigenvalue weighted by Crippen LogP contribution is -2.47. The van der Waals surface area contributed by atoms with Crippen LogP contribution in [0.5, 0.6) is 0 Å². The van der Waals surface area contributed by atoms with Gasteiger partial charge >= 0.3 is 0 Å². The Kier molecular flexibility index (Phi) is 3.81. The molecule has 1 aromatic carbocycles. The van der Waals surface area contributed by atoms with Gasteiger partial charge < -0.3 is 5.73 Å². The molecule has 0 bridgehead atoms. The molecule has 1 nitrogen and oxygen atoms in total. The fraction of sp³-hybridized carbons (Fsp3) is 0.250. The molecule has 1 rings (SSSR count). The Balaban J connectivity index is 0.000000810. The maximum absolute atomic E-state index is 3.80. The van der Waals surface area contributed by atoms with Gasteiger partial charge in [0.25, 0.3) is 0 Å². The quantitative estimate of drug-likeness (QED) is 0.495. The second-order valence-corrected chi connectivity index (χ2v) is 2.24. The zero-order chi connectivity index (χ0) is 6.69. The average Bonchev–Trinajstić information content (AvgIpc) is 1.88. The number of hydrogen-bond donors (Lipinski definition) is 1. The van der Waals surface area contributed by atoms with E-state index in [2.05, 4.69) is 36.9 Å². The SMILES string of the molecule is Cc1cccc(C[NH3+])c1.[BH4-]. The Morgan fingerprint density at radius 2 is 2.10 bits per heavy atom. The molecule has 0 saturated carbocycles. The van der Waals surface area contributed by atoms with Crippen molar-refractivity contribution >= 4 is 8.41 Å². The maximum atomic E-state index is 3.80. The van der Waals surface area contributed by atoms with E-state index >= 15 is 0 Å². The molecule has 0 aliphatic heterocycles. The fourth-order valence-electron chi connectivity index (χ4n) is 0.868. The Bertz CT molecular complexity index is 198. The van der Waals surface area contributed by atoms with E-state index in [-0.39, 0.29) is 8.41 Å². The van der Waals surface area contributed by atoms with Crippen LogP contribution in [-0.2, 0) is 6.54 Å². The van der Waals surface area contributed by atoms with E-state index in [0.29, 0.717) is 0 Å². The second kappa shape index (κ2) is 4.12. The van der Waals surface area contributed by atoms with Crippen LogP contribution in [0.25, 0.3) is 0 Å². The van der Waals surface area contributed by atoms with E-state index in [4.69, 9.17) is 0 Å². The van der Waals surface area contributed by atoms with Gasteiger partial charge in [0.05, 0.1) is 6.54 Å². The molecule has 0 unspecified atom stereocenters. The van der Waals surface area contributed by atoms with Crippen LogP contribution in [0.2, 0.25) is 0 Å². The minimum absolute atomic E-state index is 0. The standard InChI is InChI=1S/C8H11N.BH4/c1-7-3-2-4-8(5-7)6-9;/h2-5H,6,9H2,1H3;1H4/q;-1/p+1. The summed E-state index contributed by atoms with van der Waals surface area (Å²) in [7, 11) is 0. The van der Waals surface area contributed by atoms with Crippen LogP contribution in [0.3, 0.4) is 0 Å². The van der Waals surface area contributed by atoms with Crippen molar-refractivity contribution in [2.75, 3.05) is 0 Å². The molecule has 0 fully saturated rings. The molecule has 0 aromatic heterocycles. The normalized spacial score (nSPS) is 8.60. The number of benzene rings is 1. The van der Waals surface area contributed by atoms with Crippen molar-refractivity contribution in [2.45, 2.75) is 13.5 Å². The van der Waals surface area contributed by atoms with E-state index in [9.17, 15) is 0 Å². The third kappa shape index (κ3) is 2.23. The molecule has 0 amide bonds. The van der Waals surface area contributed by atoms with E-state index in [0.717, 1.165) is 6.54 Å². The molecule has 0 spiro atoms. The predicted octanol–water partition coefficient (Wildman–Crippen LogP) is -0.715. The Morgan fingerprint density at radius 3 is 2.50 bits per heavy atom. The highest BCUT2D eigenvalue weighted by molar-refractivity contribution is 5.75. The van der Waals surface area contributed by atoms with Crippen molar-refractivity contribution in [3.63, 3.8) is 0 Å². The molecule has 56 valence electrons. The van der Waals surface area contributed by atoms with Gasteiger partial charge in [0.2, 0.25) is 0 Å². The van der Waals surface area contributed by atoms with Crippen molar-refractivity contribution in [1.29, 1.82) is 0 Å². The van der Waals surface area contributed by atoms with Crippen molar-refractivity contribution in [2.24, 2.45) is 0 Å². The highest BCUT2D eigenvalue weighted by atomic mass is 14.5. The van der Waals surface area contributed by atoms with Gasteiger partial charge in [0.15, 0.2) is 0 Å². The van der Waals surface area contributed by atoms with Crippen LogP contribution in [0.4, 0.5) is 0 Å². The molecule has 0 aliphatic rings. The monoisotopic (exact) mass is 137 g/mol. The molecular weight excluding hydrogens is 121 g/mol. The first-order valence-electron chi connectivity index (χ1n) is 3.17. The molecule has 10 heavy (non-hydrogen) atoms. The maximum Gasteiger partial charge on any atom is 0.0997 e. The molecule has 0 atom stereocenters. The van der Waals surface area contributed by atoms with Gasteiger partial charge in [0, 0.05) is 5.56 Å². The van der Waals surface area contributed by atoms with Crippen molar-refractivity contribution < 1.29 is 5.73 Å². The number of aryl methyl sites for hydroxylation is 1. The average molecular weight is 137 g/mol. The molecular formula is C8H16BN. The highest BCUT2D eigenvalue weighted by Crippen LogP contribution is 2.00. The summed E-state index contributed by atoms with van der Waals surface area (Å²) in [5.41, 5.74) is 6.43. The van der Waals surface area contributed by atoms with Gasteiger partial charge in [-0.15, -0.1) is 0 Å². The Labute approximate surface area is 63.8 Å². The molecule has 3 N–H and O–H groups in total. The summed E-state index contributed by atoms with van der Waals surface area (Å²) in [6.45, 7) is 2.99. The predicted molar refractivity (Wildman–Crippen MR) is 49.1 cm³/mol. The molecule has 0 saturated heterocycles. The van der Waals surface area contributed by atoms with Crippen LogP contribution < -0.4 is 5.73 Å². The first-order chi connectivity index (χ1) is 4.33. The van der Waals surface area contributed by atoms with Crippen LogP contribution in [0, 0.1) is 6.92 Å². The van der Waals surface area contributed by atoms with E-state index in [1.807, 2.05) is 0 Å². The lowest BCUT2D eigenvalue weighted by atomic mass is 10.1.